The molecule has 0 aliphatic heterocycles. The van der Waals surface area contributed by atoms with Crippen LogP contribution in [-0.2, 0) is 19.0 Å². The largest absolute Gasteiger partial charge is 0.486 e. The standard InChI is InChI=1S/C12H21NO5/c1-6-16-9(10(14)17-7-2)8-13-11(15)18-12(3,4)5/h8H,6-7H2,1-5H3,(H,13,15)/b9-8-. The van der Waals surface area contributed by atoms with Gasteiger partial charge in [-0.2, -0.15) is 0 Å². The Morgan fingerprint density at radius 3 is 2.11 bits per heavy atom. The van der Waals surface area contributed by atoms with Gasteiger partial charge in [0.25, 0.3) is 0 Å². The van der Waals surface area contributed by atoms with Crippen LogP contribution in [0.25, 0.3) is 0 Å². The Kier molecular flexibility index (Phi) is 6.85. The molecule has 18 heavy (non-hydrogen) atoms. The number of alkyl carbamates (subject to hydrolysis) is 1. The average Bonchev–Trinajstić information content (AvgIpc) is 2.21. The summed E-state index contributed by atoms with van der Waals surface area (Å²) in [6.45, 7) is 9.15. The van der Waals surface area contributed by atoms with Gasteiger partial charge < -0.3 is 14.2 Å². The zero-order valence-corrected chi connectivity index (χ0v) is 11.5. The summed E-state index contributed by atoms with van der Waals surface area (Å²) < 4.78 is 14.8. The summed E-state index contributed by atoms with van der Waals surface area (Å²) >= 11 is 0. The van der Waals surface area contributed by atoms with E-state index in [4.69, 9.17) is 14.2 Å². The number of amides is 1. The van der Waals surface area contributed by atoms with Crippen molar-refractivity contribution in [2.75, 3.05) is 13.2 Å². The fourth-order valence-corrected chi connectivity index (χ4v) is 0.949. The van der Waals surface area contributed by atoms with Gasteiger partial charge in [0.15, 0.2) is 0 Å². The van der Waals surface area contributed by atoms with Crippen molar-refractivity contribution < 1.29 is 23.8 Å². The molecule has 0 rings (SSSR count). The van der Waals surface area contributed by atoms with E-state index in [2.05, 4.69) is 5.32 Å². The maximum Gasteiger partial charge on any atom is 0.411 e. The van der Waals surface area contributed by atoms with Crippen LogP contribution >= 0.6 is 0 Å². The summed E-state index contributed by atoms with van der Waals surface area (Å²) in [5.74, 6) is -0.694. The number of rotatable bonds is 5. The number of nitrogens with one attached hydrogen (secondary N) is 1. The zero-order chi connectivity index (χ0) is 14.2. The molecule has 6 nitrogen and oxygen atoms in total. The Labute approximate surface area is 107 Å². The number of hydrogen-bond donors (Lipinski definition) is 1. The summed E-state index contributed by atoms with van der Waals surface area (Å²) in [5.41, 5.74) is -0.604. The fraction of sp³-hybridized carbons (Fsp3) is 0.667. The molecule has 0 aliphatic carbocycles. The minimum atomic E-state index is -0.663. The molecule has 6 heteroatoms. The van der Waals surface area contributed by atoms with Crippen LogP contribution in [0.5, 0.6) is 0 Å². The first-order valence-electron chi connectivity index (χ1n) is 5.79. The normalized spacial score (nSPS) is 11.7. The Hall–Kier alpha value is -1.72. The van der Waals surface area contributed by atoms with Gasteiger partial charge in [0.05, 0.1) is 19.4 Å². The quantitative estimate of drug-likeness (QED) is 0.464. The van der Waals surface area contributed by atoms with Gasteiger partial charge in [-0.15, -0.1) is 0 Å². The number of hydrogen-bond acceptors (Lipinski definition) is 5. The van der Waals surface area contributed by atoms with Gasteiger partial charge in [0, 0.05) is 0 Å². The third-order valence-corrected chi connectivity index (χ3v) is 1.50. The Morgan fingerprint density at radius 1 is 1.11 bits per heavy atom. The van der Waals surface area contributed by atoms with E-state index in [0.29, 0.717) is 6.61 Å². The molecular formula is C12H21NO5. The lowest BCUT2D eigenvalue weighted by Gasteiger charge is -2.19. The highest BCUT2D eigenvalue weighted by Gasteiger charge is 2.17. The van der Waals surface area contributed by atoms with Gasteiger partial charge in [0.1, 0.15) is 5.60 Å². The highest BCUT2D eigenvalue weighted by atomic mass is 16.6. The van der Waals surface area contributed by atoms with Crippen LogP contribution in [0.3, 0.4) is 0 Å². The molecule has 0 fully saturated rings. The fourth-order valence-electron chi connectivity index (χ4n) is 0.949. The predicted octanol–water partition coefficient (Wildman–Crippen LogP) is 1.95. The van der Waals surface area contributed by atoms with Crippen LogP contribution in [-0.4, -0.2) is 30.9 Å². The second-order valence-corrected chi connectivity index (χ2v) is 4.31. The minimum absolute atomic E-state index is 0.0646. The van der Waals surface area contributed by atoms with Crippen LogP contribution in [0.4, 0.5) is 4.79 Å². The van der Waals surface area contributed by atoms with Crippen molar-refractivity contribution >= 4 is 12.1 Å². The van der Waals surface area contributed by atoms with Gasteiger partial charge in [-0.25, -0.2) is 9.59 Å². The summed E-state index contributed by atoms with van der Waals surface area (Å²) in [6, 6.07) is 0. The van der Waals surface area contributed by atoms with Crippen molar-refractivity contribution in [2.45, 2.75) is 40.2 Å². The van der Waals surface area contributed by atoms with Crippen LogP contribution < -0.4 is 5.32 Å². The smallest absolute Gasteiger partial charge is 0.411 e. The third-order valence-electron chi connectivity index (χ3n) is 1.50. The topological polar surface area (TPSA) is 73.9 Å². The lowest BCUT2D eigenvalue weighted by Crippen LogP contribution is -2.30. The average molecular weight is 259 g/mol. The zero-order valence-electron chi connectivity index (χ0n) is 11.5. The summed E-state index contributed by atoms with van der Waals surface area (Å²) in [5, 5.41) is 2.31. The van der Waals surface area contributed by atoms with Crippen molar-refractivity contribution in [3.8, 4) is 0 Å². The number of esters is 1. The third kappa shape index (κ3) is 7.54. The second-order valence-electron chi connectivity index (χ2n) is 4.31. The monoisotopic (exact) mass is 259 g/mol. The first-order valence-corrected chi connectivity index (χ1v) is 5.79. The molecule has 104 valence electrons. The highest BCUT2D eigenvalue weighted by Crippen LogP contribution is 2.07. The molecule has 0 radical (unpaired) electrons. The Morgan fingerprint density at radius 2 is 1.67 bits per heavy atom. The van der Waals surface area contributed by atoms with Crippen molar-refractivity contribution in [2.24, 2.45) is 0 Å². The molecule has 0 atom stereocenters. The van der Waals surface area contributed by atoms with Crippen molar-refractivity contribution in [3.63, 3.8) is 0 Å². The predicted molar refractivity (Wildman–Crippen MR) is 65.7 cm³/mol. The summed E-state index contributed by atoms with van der Waals surface area (Å²) in [4.78, 5) is 22.8. The first kappa shape index (κ1) is 16.3. The minimum Gasteiger partial charge on any atom is -0.486 e. The van der Waals surface area contributed by atoms with E-state index in [1.165, 1.54) is 0 Å². The van der Waals surface area contributed by atoms with Crippen LogP contribution in [0.1, 0.15) is 34.6 Å². The molecule has 1 amide bonds. The van der Waals surface area contributed by atoms with E-state index < -0.39 is 17.7 Å². The SMILES string of the molecule is CCOC(=O)/C(=C/NC(=O)OC(C)(C)C)OCC. The van der Waals surface area contributed by atoms with E-state index in [9.17, 15) is 9.59 Å². The van der Waals surface area contributed by atoms with E-state index in [1.54, 1.807) is 34.6 Å². The molecule has 0 bridgehead atoms. The molecule has 0 saturated heterocycles. The van der Waals surface area contributed by atoms with E-state index in [0.717, 1.165) is 6.20 Å². The van der Waals surface area contributed by atoms with Gasteiger partial charge in [-0.3, -0.25) is 5.32 Å². The van der Waals surface area contributed by atoms with Gasteiger partial charge in [0.2, 0.25) is 5.76 Å². The highest BCUT2D eigenvalue weighted by molar-refractivity contribution is 5.86. The maximum absolute atomic E-state index is 11.4. The molecular weight excluding hydrogens is 238 g/mol. The lowest BCUT2D eigenvalue weighted by atomic mass is 10.2. The molecule has 1 N–H and O–H groups in total. The van der Waals surface area contributed by atoms with Crippen LogP contribution in [0.2, 0.25) is 0 Å². The Bertz CT molecular complexity index is 317. The Balaban J connectivity index is 4.48. The summed E-state index contributed by atoms with van der Waals surface area (Å²) in [6.07, 6.45) is 0.472. The molecule has 0 spiro atoms. The molecule has 0 aromatic heterocycles. The van der Waals surface area contributed by atoms with Crippen LogP contribution in [0.15, 0.2) is 12.0 Å². The van der Waals surface area contributed by atoms with Crippen molar-refractivity contribution in [1.82, 2.24) is 5.32 Å². The molecule has 0 heterocycles. The van der Waals surface area contributed by atoms with Gasteiger partial charge in [-0.1, -0.05) is 0 Å². The lowest BCUT2D eigenvalue weighted by molar-refractivity contribution is -0.142. The maximum atomic E-state index is 11.4. The molecule has 0 aromatic rings. The molecule has 0 saturated carbocycles. The number of ether oxygens (including phenoxy) is 3. The molecule has 0 unspecified atom stereocenters. The van der Waals surface area contributed by atoms with Gasteiger partial charge >= 0.3 is 12.1 Å². The van der Waals surface area contributed by atoms with Crippen LogP contribution in [0, 0.1) is 0 Å². The number of carbonyl (C=O) groups excluding carboxylic acids is 2. The van der Waals surface area contributed by atoms with E-state index in [-0.39, 0.29) is 12.4 Å². The van der Waals surface area contributed by atoms with Crippen molar-refractivity contribution in [3.05, 3.63) is 12.0 Å². The summed E-state index contributed by atoms with van der Waals surface area (Å²) in [7, 11) is 0. The van der Waals surface area contributed by atoms with Crippen molar-refractivity contribution in [1.29, 1.82) is 0 Å². The molecule has 0 aromatic carbocycles. The molecule has 0 aliphatic rings. The first-order chi connectivity index (χ1) is 8.30. The number of carbonyl (C=O) groups is 2. The van der Waals surface area contributed by atoms with Gasteiger partial charge in [-0.05, 0) is 34.6 Å². The second kappa shape index (κ2) is 7.58. The van der Waals surface area contributed by atoms with E-state index >= 15 is 0 Å². The van der Waals surface area contributed by atoms with E-state index in [1.807, 2.05) is 0 Å².